The van der Waals surface area contributed by atoms with E-state index < -0.39 is 5.54 Å². The van der Waals surface area contributed by atoms with Gasteiger partial charge in [-0.1, -0.05) is 20.8 Å². The summed E-state index contributed by atoms with van der Waals surface area (Å²) in [6.07, 6.45) is 0. The zero-order chi connectivity index (χ0) is 14.8. The van der Waals surface area contributed by atoms with Crippen LogP contribution in [0.4, 0.5) is 0 Å². The second kappa shape index (κ2) is 5.47. The van der Waals surface area contributed by atoms with Crippen molar-refractivity contribution in [3.63, 3.8) is 0 Å². The molecule has 108 valence electrons. The summed E-state index contributed by atoms with van der Waals surface area (Å²) in [5, 5.41) is 0. The normalized spacial score (nSPS) is 12.8. The van der Waals surface area contributed by atoms with Crippen molar-refractivity contribution in [3.05, 3.63) is 33.7 Å². The first-order chi connectivity index (χ1) is 8.59. The van der Waals surface area contributed by atoms with Crippen molar-refractivity contribution in [1.82, 2.24) is 4.57 Å². The van der Waals surface area contributed by atoms with Gasteiger partial charge in [-0.05, 0) is 26.0 Å². The molecule has 19 heavy (non-hydrogen) atoms. The average molecular weight is 266 g/mol. The van der Waals surface area contributed by atoms with Crippen LogP contribution in [0.5, 0.6) is 0 Å². The van der Waals surface area contributed by atoms with Gasteiger partial charge in [0.25, 0.3) is 5.56 Å². The Balaban J connectivity index is 3.46. The van der Waals surface area contributed by atoms with Crippen molar-refractivity contribution in [3.8, 4) is 0 Å². The third-order valence-electron chi connectivity index (χ3n) is 3.16. The minimum atomic E-state index is -0.637. The SMILES string of the molecule is COCCn1c(C(C)(C)C)ccc(C(C)(C)N)c1=O. The Hall–Kier alpha value is -1.13. The molecular weight excluding hydrogens is 240 g/mol. The van der Waals surface area contributed by atoms with E-state index in [1.807, 2.05) is 26.0 Å². The summed E-state index contributed by atoms with van der Waals surface area (Å²) in [5.41, 5.74) is 6.96. The number of pyridine rings is 1. The van der Waals surface area contributed by atoms with Gasteiger partial charge in [0.2, 0.25) is 0 Å². The van der Waals surface area contributed by atoms with Crippen molar-refractivity contribution in [2.75, 3.05) is 13.7 Å². The third kappa shape index (κ3) is 3.67. The van der Waals surface area contributed by atoms with Gasteiger partial charge in [0.1, 0.15) is 0 Å². The summed E-state index contributed by atoms with van der Waals surface area (Å²) < 4.78 is 6.89. The fourth-order valence-electron chi connectivity index (χ4n) is 2.13. The Kier molecular flexibility index (Phi) is 4.59. The molecule has 1 heterocycles. The van der Waals surface area contributed by atoms with Gasteiger partial charge >= 0.3 is 0 Å². The molecule has 0 bridgehead atoms. The third-order valence-corrected chi connectivity index (χ3v) is 3.16. The maximum atomic E-state index is 12.6. The predicted molar refractivity (Wildman–Crippen MR) is 78.5 cm³/mol. The molecule has 1 rings (SSSR count). The lowest BCUT2D eigenvalue weighted by atomic mass is 9.89. The molecular formula is C15H26N2O2. The molecule has 0 saturated heterocycles. The first-order valence-corrected chi connectivity index (χ1v) is 6.61. The van der Waals surface area contributed by atoms with Crippen LogP contribution in [0.15, 0.2) is 16.9 Å². The van der Waals surface area contributed by atoms with Gasteiger partial charge in [-0.25, -0.2) is 0 Å². The molecule has 0 spiro atoms. The summed E-state index contributed by atoms with van der Waals surface area (Å²) in [6, 6.07) is 3.85. The second-order valence-electron chi connectivity index (χ2n) is 6.55. The maximum absolute atomic E-state index is 12.6. The van der Waals surface area contributed by atoms with Crippen molar-refractivity contribution < 1.29 is 4.74 Å². The van der Waals surface area contributed by atoms with Gasteiger partial charge in [-0.15, -0.1) is 0 Å². The van der Waals surface area contributed by atoms with E-state index >= 15 is 0 Å². The zero-order valence-electron chi connectivity index (χ0n) is 12.9. The van der Waals surface area contributed by atoms with Crippen LogP contribution in [0.25, 0.3) is 0 Å². The van der Waals surface area contributed by atoms with Crippen molar-refractivity contribution in [1.29, 1.82) is 0 Å². The molecule has 4 heteroatoms. The Morgan fingerprint density at radius 3 is 2.21 bits per heavy atom. The molecule has 0 atom stereocenters. The van der Waals surface area contributed by atoms with E-state index in [9.17, 15) is 4.79 Å². The lowest BCUT2D eigenvalue weighted by Crippen LogP contribution is -2.40. The number of nitrogens with zero attached hydrogens (tertiary/aromatic N) is 1. The number of ether oxygens (including phenoxy) is 1. The van der Waals surface area contributed by atoms with Gasteiger partial charge in [0.15, 0.2) is 0 Å². The maximum Gasteiger partial charge on any atom is 0.255 e. The number of hydrogen-bond acceptors (Lipinski definition) is 3. The number of nitrogens with two attached hydrogens (primary N) is 1. The van der Waals surface area contributed by atoms with Gasteiger partial charge in [-0.2, -0.15) is 0 Å². The van der Waals surface area contributed by atoms with Gasteiger partial charge < -0.3 is 15.0 Å². The van der Waals surface area contributed by atoms with Crippen molar-refractivity contribution in [2.45, 2.75) is 52.1 Å². The highest BCUT2D eigenvalue weighted by atomic mass is 16.5. The van der Waals surface area contributed by atoms with Gasteiger partial charge in [0, 0.05) is 35.9 Å². The lowest BCUT2D eigenvalue weighted by molar-refractivity contribution is 0.183. The molecule has 0 unspecified atom stereocenters. The molecule has 0 saturated carbocycles. The molecule has 2 N–H and O–H groups in total. The lowest BCUT2D eigenvalue weighted by Gasteiger charge is -2.27. The van der Waals surface area contributed by atoms with Crippen LogP contribution >= 0.6 is 0 Å². The van der Waals surface area contributed by atoms with Crippen LogP contribution in [0.1, 0.15) is 45.9 Å². The van der Waals surface area contributed by atoms with Crippen LogP contribution in [0.3, 0.4) is 0 Å². The van der Waals surface area contributed by atoms with E-state index in [1.165, 1.54) is 0 Å². The standard InChI is InChI=1S/C15H26N2O2/c1-14(2,3)12-8-7-11(15(4,5)16)13(18)17(12)9-10-19-6/h7-8H,9-10,16H2,1-6H3. The highest BCUT2D eigenvalue weighted by Crippen LogP contribution is 2.23. The van der Waals surface area contributed by atoms with E-state index in [4.69, 9.17) is 10.5 Å². The van der Waals surface area contributed by atoms with Gasteiger partial charge in [-0.3, -0.25) is 4.79 Å². The molecule has 0 aliphatic carbocycles. The van der Waals surface area contributed by atoms with E-state index in [0.29, 0.717) is 18.7 Å². The zero-order valence-corrected chi connectivity index (χ0v) is 12.9. The highest BCUT2D eigenvalue weighted by Gasteiger charge is 2.24. The van der Waals surface area contributed by atoms with Crippen LogP contribution in [0, 0.1) is 0 Å². The Morgan fingerprint density at radius 2 is 1.79 bits per heavy atom. The van der Waals surface area contributed by atoms with E-state index in [1.54, 1.807) is 11.7 Å². The van der Waals surface area contributed by atoms with Crippen LogP contribution in [-0.4, -0.2) is 18.3 Å². The van der Waals surface area contributed by atoms with Crippen LogP contribution in [-0.2, 0) is 22.2 Å². The monoisotopic (exact) mass is 266 g/mol. The molecule has 0 aliphatic rings. The number of methoxy groups -OCH3 is 1. The van der Waals surface area contributed by atoms with E-state index in [0.717, 1.165) is 5.69 Å². The highest BCUT2D eigenvalue weighted by molar-refractivity contribution is 5.25. The fraction of sp³-hybridized carbons (Fsp3) is 0.667. The first kappa shape index (κ1) is 15.9. The summed E-state index contributed by atoms with van der Waals surface area (Å²) in [6.45, 7) is 11.0. The van der Waals surface area contributed by atoms with Gasteiger partial charge in [0.05, 0.1) is 6.61 Å². The number of rotatable bonds is 4. The predicted octanol–water partition coefficient (Wildman–Crippen LogP) is 1.99. The summed E-state index contributed by atoms with van der Waals surface area (Å²) in [7, 11) is 1.64. The molecule has 1 aromatic rings. The van der Waals surface area contributed by atoms with Crippen molar-refractivity contribution in [2.24, 2.45) is 5.73 Å². The summed E-state index contributed by atoms with van der Waals surface area (Å²) in [5.74, 6) is 0. The molecule has 4 nitrogen and oxygen atoms in total. The molecule has 0 aromatic carbocycles. The quantitative estimate of drug-likeness (QED) is 0.906. The van der Waals surface area contributed by atoms with Crippen LogP contribution in [0.2, 0.25) is 0 Å². The van der Waals surface area contributed by atoms with E-state index in [2.05, 4.69) is 20.8 Å². The van der Waals surface area contributed by atoms with E-state index in [-0.39, 0.29) is 11.0 Å². The molecule has 0 aliphatic heterocycles. The summed E-state index contributed by atoms with van der Waals surface area (Å²) in [4.78, 5) is 12.6. The number of hydrogen-bond donors (Lipinski definition) is 1. The molecule has 0 amide bonds. The minimum absolute atomic E-state index is 0.0167. The number of aromatic nitrogens is 1. The second-order valence-corrected chi connectivity index (χ2v) is 6.55. The Morgan fingerprint density at radius 1 is 1.21 bits per heavy atom. The summed E-state index contributed by atoms with van der Waals surface area (Å²) >= 11 is 0. The topological polar surface area (TPSA) is 57.2 Å². The average Bonchev–Trinajstić information content (AvgIpc) is 2.23. The van der Waals surface area contributed by atoms with Crippen molar-refractivity contribution >= 4 is 0 Å². The molecule has 0 fully saturated rings. The first-order valence-electron chi connectivity index (χ1n) is 6.61. The van der Waals surface area contributed by atoms with Crippen LogP contribution < -0.4 is 11.3 Å². The molecule has 0 radical (unpaired) electrons. The Bertz CT molecular complexity index is 490. The Labute approximate surface area is 115 Å². The minimum Gasteiger partial charge on any atom is -0.383 e. The fourth-order valence-corrected chi connectivity index (χ4v) is 2.13. The smallest absolute Gasteiger partial charge is 0.255 e. The largest absolute Gasteiger partial charge is 0.383 e. The molecule has 1 aromatic heterocycles.